The molecule has 0 aromatic rings. The quantitative estimate of drug-likeness (QED) is 0.0317. The van der Waals surface area contributed by atoms with Crippen LogP contribution in [-0.4, -0.2) is 249 Å². The smallest absolute Gasteiger partial charge is 0.397 e. The molecule has 28 nitrogen and oxygen atoms in total. The minimum Gasteiger partial charge on any atom is -0.460 e. The molecule has 29 heteroatoms. The highest BCUT2D eigenvalue weighted by Gasteiger charge is 2.80. The minimum absolute atomic E-state index is 0.0219. The van der Waals surface area contributed by atoms with Crippen molar-refractivity contribution in [3.8, 4) is 0 Å². The van der Waals surface area contributed by atoms with Crippen LogP contribution in [-0.2, 0) is 81.1 Å². The number of aliphatic hydroxyl groups is 10. The van der Waals surface area contributed by atoms with Crippen molar-refractivity contribution in [1.29, 1.82) is 0 Å². The van der Waals surface area contributed by atoms with Gasteiger partial charge in [0.05, 0.1) is 38.1 Å². The van der Waals surface area contributed by atoms with Gasteiger partial charge in [0.1, 0.15) is 96.5 Å². The molecule has 28 atom stereocenters. The number of Topliss-reactive ketones (excluding diaryl/α,β-unsaturated/α-hetero) is 1. The van der Waals surface area contributed by atoms with Gasteiger partial charge in [-0.2, -0.15) is 8.42 Å². The molecular formula is C56H88O28S. The number of fused-ring (bicyclic) bond motifs is 4. The largest absolute Gasteiger partial charge is 0.460 e. The van der Waals surface area contributed by atoms with E-state index in [1.807, 2.05) is 26.8 Å². The maximum absolute atomic E-state index is 14.6. The number of hydrogen-bond acceptors (Lipinski definition) is 27. The molecule has 0 amide bonds. The van der Waals surface area contributed by atoms with E-state index in [9.17, 15) is 78.4 Å². The molecule has 11 N–H and O–H groups in total. The highest BCUT2D eigenvalue weighted by atomic mass is 32.3. The zero-order chi connectivity index (χ0) is 62.6. The van der Waals surface area contributed by atoms with Crippen molar-refractivity contribution in [2.45, 2.75) is 254 Å². The fourth-order valence-corrected chi connectivity index (χ4v) is 17.1. The molecule has 11 unspecified atom stereocenters. The number of allylic oxidation sites excluding steroid dienone is 1. The summed E-state index contributed by atoms with van der Waals surface area (Å²) in [6.45, 7) is 13.7. The van der Waals surface area contributed by atoms with E-state index >= 15 is 0 Å². The molecule has 3 saturated carbocycles. The average molecular weight is 1240 g/mol. The first-order valence-corrected chi connectivity index (χ1v) is 30.7. The minimum atomic E-state index is -5.21. The SMILES string of the molecule is CO[C@H]1C(O)[C@H](O[C@H]2C(O)[C@H](O[C@@H]3C(C)O[C@@H](OC4[C@H](O[C@H]5CC[C@]6(C)C7=CC(O)C89C(=O)O[C@@](C)(C(=O)CCC(C)(C)OC(C)=O)[C@H]8CC[C@@]9(C)C7CCC6C5(C)C)OC[C@@H](OS(=O)(=O)O)[C@H]4O)C(O)[C@@H]3O)OC(CO)[C@H]2O)OC(CO)[C@H]1O. The summed E-state index contributed by atoms with van der Waals surface area (Å²) in [6.07, 6.45) is -29.4. The van der Waals surface area contributed by atoms with E-state index in [0.717, 1.165) is 5.57 Å². The van der Waals surface area contributed by atoms with Crippen LogP contribution in [0.4, 0.5) is 0 Å². The molecule has 5 aliphatic heterocycles. The molecule has 5 saturated heterocycles. The Morgan fingerprint density at radius 1 is 0.706 bits per heavy atom. The van der Waals surface area contributed by atoms with Gasteiger partial charge in [0.15, 0.2) is 36.5 Å². The first-order chi connectivity index (χ1) is 39.6. The molecule has 1 spiro atoms. The predicted molar refractivity (Wildman–Crippen MR) is 284 cm³/mol. The van der Waals surface area contributed by atoms with Gasteiger partial charge in [-0.25, -0.2) is 4.18 Å². The highest BCUT2D eigenvalue weighted by molar-refractivity contribution is 7.80. The van der Waals surface area contributed by atoms with Gasteiger partial charge in [-0.05, 0) is 101 Å². The van der Waals surface area contributed by atoms with Crippen molar-refractivity contribution in [1.82, 2.24) is 0 Å². The number of hydrogen-bond donors (Lipinski definition) is 11. The van der Waals surface area contributed by atoms with Gasteiger partial charge in [0.2, 0.25) is 0 Å². The summed E-state index contributed by atoms with van der Waals surface area (Å²) in [7, 11) is -4.03. The van der Waals surface area contributed by atoms with Crippen LogP contribution in [0, 0.1) is 39.4 Å². The molecule has 0 radical (unpaired) electrons. The summed E-state index contributed by atoms with van der Waals surface area (Å²) >= 11 is 0. The normalized spacial score (nSPS) is 48.9. The van der Waals surface area contributed by atoms with Crippen LogP contribution in [0.15, 0.2) is 11.6 Å². The first-order valence-electron chi connectivity index (χ1n) is 29.3. The van der Waals surface area contributed by atoms with Crippen LogP contribution in [0.1, 0.15) is 114 Å². The predicted octanol–water partition coefficient (Wildman–Crippen LogP) is -1.65. The van der Waals surface area contributed by atoms with E-state index in [1.54, 1.807) is 20.8 Å². The van der Waals surface area contributed by atoms with Crippen molar-refractivity contribution in [3.63, 3.8) is 0 Å². The third kappa shape index (κ3) is 11.5. The van der Waals surface area contributed by atoms with Crippen LogP contribution >= 0.6 is 0 Å². The molecule has 0 bridgehead atoms. The molecule has 9 rings (SSSR count). The summed E-state index contributed by atoms with van der Waals surface area (Å²) in [5.41, 5.74) is -4.99. The summed E-state index contributed by atoms with van der Waals surface area (Å²) < 4.78 is 103. The molecule has 5 heterocycles. The second-order valence-corrected chi connectivity index (χ2v) is 27.7. The molecule has 4 aliphatic carbocycles. The highest BCUT2D eigenvalue weighted by Crippen LogP contribution is 2.76. The lowest BCUT2D eigenvalue weighted by Gasteiger charge is -2.64. The second-order valence-electron chi connectivity index (χ2n) is 26.7. The number of ketones is 1. The molecule has 0 aromatic heterocycles. The van der Waals surface area contributed by atoms with E-state index < -0.39 is 210 Å². The number of esters is 2. The van der Waals surface area contributed by atoms with Gasteiger partial charge >= 0.3 is 22.3 Å². The number of rotatable bonds is 18. The topological polar surface area (TPSA) is 419 Å². The third-order valence-corrected chi connectivity index (χ3v) is 21.5. The van der Waals surface area contributed by atoms with Gasteiger partial charge in [-0.15, -0.1) is 0 Å². The van der Waals surface area contributed by atoms with E-state index in [0.29, 0.717) is 38.5 Å². The van der Waals surface area contributed by atoms with Crippen LogP contribution < -0.4 is 0 Å². The van der Waals surface area contributed by atoms with E-state index in [2.05, 4.69) is 6.92 Å². The number of carbonyl (C=O) groups is 3. The maximum Gasteiger partial charge on any atom is 0.397 e. The molecule has 0 aromatic carbocycles. The maximum atomic E-state index is 14.6. The Bertz CT molecular complexity index is 2590. The Morgan fingerprint density at radius 2 is 1.29 bits per heavy atom. The molecular weight excluding hydrogens is 1150 g/mol. The fraction of sp³-hybridized carbons (Fsp3) is 0.911. The Kier molecular flexibility index (Phi) is 19.1. The molecule has 85 heavy (non-hydrogen) atoms. The van der Waals surface area contributed by atoms with Crippen LogP contribution in [0.3, 0.4) is 0 Å². The van der Waals surface area contributed by atoms with Crippen molar-refractivity contribution >= 4 is 28.1 Å². The van der Waals surface area contributed by atoms with Crippen LogP contribution in [0.2, 0.25) is 0 Å². The lowest BCUT2D eigenvalue weighted by atomic mass is 9.40. The molecule has 9 aliphatic rings. The molecule has 8 fully saturated rings. The van der Waals surface area contributed by atoms with E-state index in [-0.39, 0.29) is 30.5 Å². The monoisotopic (exact) mass is 1240 g/mol. The first kappa shape index (κ1) is 66.9. The Hall–Kier alpha value is -2.54. The zero-order valence-corrected chi connectivity index (χ0v) is 50.3. The summed E-state index contributed by atoms with van der Waals surface area (Å²) in [4.78, 5) is 40.6. The number of ether oxygens (including phenoxy) is 11. The van der Waals surface area contributed by atoms with Crippen molar-refractivity contribution in [3.05, 3.63) is 11.6 Å². The molecule has 486 valence electrons. The lowest BCUT2D eigenvalue weighted by molar-refractivity contribution is -0.389. The number of aliphatic hydroxyl groups excluding tert-OH is 10. The number of methoxy groups -OCH3 is 1. The van der Waals surface area contributed by atoms with Crippen LogP contribution in [0.5, 0.6) is 0 Å². The Morgan fingerprint density at radius 3 is 1.89 bits per heavy atom. The third-order valence-electron chi connectivity index (χ3n) is 21.0. The number of carbonyl (C=O) groups excluding carboxylic acids is 3. The fourth-order valence-electron chi connectivity index (χ4n) is 16.6. The van der Waals surface area contributed by atoms with E-state index in [4.69, 9.17) is 56.3 Å². The summed E-state index contributed by atoms with van der Waals surface area (Å²) in [5, 5.41) is 112. The second kappa shape index (κ2) is 24.3. The van der Waals surface area contributed by atoms with Crippen molar-refractivity contribution in [2.75, 3.05) is 26.9 Å². The van der Waals surface area contributed by atoms with Gasteiger partial charge < -0.3 is 103 Å². The summed E-state index contributed by atoms with van der Waals surface area (Å²) in [5.74, 6) is -2.36. The van der Waals surface area contributed by atoms with Crippen molar-refractivity contribution in [2.24, 2.45) is 39.4 Å². The van der Waals surface area contributed by atoms with Crippen molar-refractivity contribution < 1.29 is 135 Å². The Balaban J connectivity index is 0.904. The number of cyclic esters (lactones) is 1. The van der Waals surface area contributed by atoms with Gasteiger partial charge in [-0.3, -0.25) is 18.9 Å². The lowest BCUT2D eigenvalue weighted by Crippen LogP contribution is -2.67. The van der Waals surface area contributed by atoms with Gasteiger partial charge in [0, 0.05) is 26.4 Å². The zero-order valence-electron chi connectivity index (χ0n) is 49.5. The van der Waals surface area contributed by atoms with Gasteiger partial charge in [-0.1, -0.05) is 39.3 Å². The van der Waals surface area contributed by atoms with Gasteiger partial charge in [0.25, 0.3) is 0 Å². The standard InChI is InChI=1S/C56H88O28S/c1-23-42(79-48-41(68)44(36(63)28(21-58)77-48)80-47-40(67)43(73-10)35(62)27(20-57)76-47)38(65)39(66)46(75-23)81-45-37(64)29(84-85(70,71)72)22-74-49(45)78-34-15-17-53(7)26-19-33(61)56-31(13-18-54(56,8)25(26)11-12-30(53)52(34,5)6)55(9,83-50(56)69)32(60)14-16-51(3,4)82-24(2)59/h19,23,25,27-31,33-49,57-58,61-68H,11-18,20-22H2,1-10H3,(H,70,71,72)/t23?,25?,27?,28?,29-,30?,31-,33?,34+,35-,36-,37-,38+,39?,40?,41?,42-,43-,44-,45?,46+,47+,48+,49+,53-,54+,55-,56?/m1/s1. The summed E-state index contributed by atoms with van der Waals surface area (Å²) in [6, 6.07) is 0. The Labute approximate surface area is 493 Å². The van der Waals surface area contributed by atoms with Crippen LogP contribution in [0.25, 0.3) is 0 Å². The average Bonchev–Trinajstić information content (AvgIpc) is 1.56. The van der Waals surface area contributed by atoms with E-state index in [1.165, 1.54) is 21.0 Å².